The van der Waals surface area contributed by atoms with E-state index in [4.69, 9.17) is 26.2 Å². The molecule has 0 aromatic heterocycles. The normalized spacial score (nSPS) is 16.2. The second kappa shape index (κ2) is 8.02. The summed E-state index contributed by atoms with van der Waals surface area (Å²) in [6, 6.07) is 5.16. The number of aliphatic carboxylic acids is 1. The number of halogens is 1. The van der Waals surface area contributed by atoms with E-state index in [0.29, 0.717) is 22.9 Å². The Labute approximate surface area is 128 Å². The largest absolute Gasteiger partial charge is 0.492 e. The third-order valence-corrected chi connectivity index (χ3v) is 3.38. The number of carboxylic acid groups (broad SMARTS) is 1. The van der Waals surface area contributed by atoms with Gasteiger partial charge in [-0.3, -0.25) is 4.90 Å². The first-order valence-electron chi connectivity index (χ1n) is 6.78. The Balaban J connectivity index is 1.93. The van der Waals surface area contributed by atoms with Gasteiger partial charge in [0.1, 0.15) is 12.4 Å². The summed E-state index contributed by atoms with van der Waals surface area (Å²) in [5.41, 5.74) is 0.659. The van der Waals surface area contributed by atoms with Crippen molar-refractivity contribution in [1.82, 2.24) is 4.90 Å². The summed E-state index contributed by atoms with van der Waals surface area (Å²) < 4.78 is 11.0. The molecule has 0 unspecified atom stereocenters. The van der Waals surface area contributed by atoms with Crippen LogP contribution in [0.4, 0.5) is 0 Å². The van der Waals surface area contributed by atoms with Gasteiger partial charge >= 0.3 is 5.97 Å². The molecule has 0 saturated carbocycles. The fraction of sp³-hybridized carbons (Fsp3) is 0.400. The minimum Gasteiger partial charge on any atom is -0.492 e. The lowest BCUT2D eigenvalue weighted by Crippen LogP contribution is -2.38. The monoisotopic (exact) mass is 311 g/mol. The first-order valence-corrected chi connectivity index (χ1v) is 7.16. The summed E-state index contributed by atoms with van der Waals surface area (Å²) in [4.78, 5) is 12.9. The second-order valence-electron chi connectivity index (χ2n) is 4.66. The van der Waals surface area contributed by atoms with Crippen molar-refractivity contribution in [2.45, 2.75) is 0 Å². The summed E-state index contributed by atoms with van der Waals surface area (Å²) in [6.45, 7) is 4.69. The predicted octanol–water partition coefficient (Wildman–Crippen LogP) is 2.15. The van der Waals surface area contributed by atoms with E-state index >= 15 is 0 Å². The van der Waals surface area contributed by atoms with Gasteiger partial charge in [-0.2, -0.15) is 0 Å². The number of benzene rings is 1. The molecule has 1 aliphatic rings. The Morgan fingerprint density at radius 1 is 1.43 bits per heavy atom. The van der Waals surface area contributed by atoms with Gasteiger partial charge in [0, 0.05) is 36.3 Å². The molecular formula is C15H18ClNO4. The van der Waals surface area contributed by atoms with E-state index in [0.717, 1.165) is 38.9 Å². The Morgan fingerprint density at radius 2 is 2.19 bits per heavy atom. The quantitative estimate of drug-likeness (QED) is 0.816. The van der Waals surface area contributed by atoms with E-state index in [1.54, 1.807) is 18.2 Å². The molecule has 1 aliphatic heterocycles. The van der Waals surface area contributed by atoms with Crippen molar-refractivity contribution < 1.29 is 19.4 Å². The molecule has 0 atom stereocenters. The van der Waals surface area contributed by atoms with Crippen molar-refractivity contribution in [1.29, 1.82) is 0 Å². The summed E-state index contributed by atoms with van der Waals surface area (Å²) in [6.07, 6.45) is 2.55. The summed E-state index contributed by atoms with van der Waals surface area (Å²) in [5.74, 6) is -0.376. The van der Waals surface area contributed by atoms with Crippen LogP contribution in [-0.4, -0.2) is 55.4 Å². The zero-order valence-corrected chi connectivity index (χ0v) is 12.4. The molecular weight excluding hydrogens is 294 g/mol. The van der Waals surface area contributed by atoms with Crippen molar-refractivity contribution >= 4 is 23.6 Å². The minimum atomic E-state index is -1.01. The number of carbonyl (C=O) groups is 1. The Morgan fingerprint density at radius 3 is 2.90 bits per heavy atom. The highest BCUT2D eigenvalue weighted by Crippen LogP contribution is 2.24. The average molecular weight is 312 g/mol. The lowest BCUT2D eigenvalue weighted by atomic mass is 10.2. The molecule has 6 heteroatoms. The Kier molecular flexibility index (Phi) is 6.04. The molecule has 0 bridgehead atoms. The lowest BCUT2D eigenvalue weighted by Gasteiger charge is -2.26. The van der Waals surface area contributed by atoms with Crippen LogP contribution in [0, 0.1) is 0 Å². The molecule has 0 amide bonds. The van der Waals surface area contributed by atoms with Crippen LogP contribution in [0.25, 0.3) is 6.08 Å². The maximum Gasteiger partial charge on any atom is 0.328 e. The molecule has 1 heterocycles. The van der Waals surface area contributed by atoms with E-state index in [9.17, 15) is 4.79 Å². The van der Waals surface area contributed by atoms with Gasteiger partial charge in [-0.05, 0) is 24.3 Å². The summed E-state index contributed by atoms with van der Waals surface area (Å²) in [5, 5.41) is 9.24. The standard InChI is InChI=1S/C15H18ClNO4/c16-13-2-3-14(12(11-13)1-4-15(18)19)21-10-7-17-5-8-20-9-6-17/h1-4,11H,5-10H2,(H,18,19)/b4-1+. The van der Waals surface area contributed by atoms with Gasteiger partial charge in [0.25, 0.3) is 0 Å². The fourth-order valence-corrected chi connectivity index (χ4v) is 2.23. The second-order valence-corrected chi connectivity index (χ2v) is 5.09. The minimum absolute atomic E-state index is 0.537. The molecule has 21 heavy (non-hydrogen) atoms. The zero-order chi connectivity index (χ0) is 15.1. The lowest BCUT2D eigenvalue weighted by molar-refractivity contribution is -0.131. The number of hydrogen-bond acceptors (Lipinski definition) is 4. The Hall–Kier alpha value is -1.56. The van der Waals surface area contributed by atoms with Crippen molar-refractivity contribution in [2.24, 2.45) is 0 Å². The van der Waals surface area contributed by atoms with E-state index < -0.39 is 5.97 Å². The van der Waals surface area contributed by atoms with Crippen LogP contribution >= 0.6 is 11.6 Å². The summed E-state index contributed by atoms with van der Waals surface area (Å²) in [7, 11) is 0. The molecule has 1 aromatic carbocycles. The van der Waals surface area contributed by atoms with Crippen molar-refractivity contribution in [3.05, 3.63) is 34.9 Å². The third kappa shape index (κ3) is 5.38. The first-order chi connectivity index (χ1) is 10.1. The van der Waals surface area contributed by atoms with Crippen molar-refractivity contribution in [2.75, 3.05) is 39.5 Å². The Bertz CT molecular complexity index is 512. The molecule has 2 rings (SSSR count). The van der Waals surface area contributed by atoms with Gasteiger partial charge in [-0.15, -0.1) is 0 Å². The average Bonchev–Trinajstić information content (AvgIpc) is 2.48. The first kappa shape index (κ1) is 15.8. The molecule has 0 aliphatic carbocycles. The molecule has 1 N–H and O–H groups in total. The predicted molar refractivity (Wildman–Crippen MR) is 80.9 cm³/mol. The number of nitrogens with zero attached hydrogens (tertiary/aromatic N) is 1. The SMILES string of the molecule is O=C(O)/C=C/c1cc(Cl)ccc1OCCN1CCOCC1. The molecule has 1 fully saturated rings. The number of ether oxygens (including phenoxy) is 2. The van der Waals surface area contributed by atoms with Crippen molar-refractivity contribution in [3.63, 3.8) is 0 Å². The number of carboxylic acids is 1. The molecule has 1 saturated heterocycles. The molecule has 0 radical (unpaired) electrons. The molecule has 5 nitrogen and oxygen atoms in total. The van der Waals surface area contributed by atoms with Crippen molar-refractivity contribution in [3.8, 4) is 5.75 Å². The van der Waals surface area contributed by atoms with Crippen LogP contribution in [-0.2, 0) is 9.53 Å². The van der Waals surface area contributed by atoms with E-state index in [1.165, 1.54) is 6.08 Å². The van der Waals surface area contributed by atoms with E-state index in [-0.39, 0.29) is 0 Å². The van der Waals surface area contributed by atoms with Crippen LogP contribution in [0.5, 0.6) is 5.75 Å². The molecule has 114 valence electrons. The highest BCUT2D eigenvalue weighted by atomic mass is 35.5. The zero-order valence-electron chi connectivity index (χ0n) is 11.6. The number of rotatable bonds is 6. The topological polar surface area (TPSA) is 59.0 Å². The number of morpholine rings is 1. The highest BCUT2D eigenvalue weighted by Gasteiger charge is 2.10. The maximum absolute atomic E-state index is 10.6. The number of hydrogen-bond donors (Lipinski definition) is 1. The van der Waals surface area contributed by atoms with Gasteiger partial charge in [-0.25, -0.2) is 4.79 Å². The summed E-state index contributed by atoms with van der Waals surface area (Å²) >= 11 is 5.93. The van der Waals surface area contributed by atoms with Crippen LogP contribution < -0.4 is 4.74 Å². The highest BCUT2D eigenvalue weighted by molar-refractivity contribution is 6.30. The van der Waals surface area contributed by atoms with Crippen LogP contribution in [0.3, 0.4) is 0 Å². The van der Waals surface area contributed by atoms with Gasteiger partial charge in [0.05, 0.1) is 13.2 Å². The van der Waals surface area contributed by atoms with Crippen LogP contribution in [0.15, 0.2) is 24.3 Å². The smallest absolute Gasteiger partial charge is 0.328 e. The molecule has 1 aromatic rings. The fourth-order valence-electron chi connectivity index (χ4n) is 2.05. The van der Waals surface area contributed by atoms with Crippen LogP contribution in [0.1, 0.15) is 5.56 Å². The van der Waals surface area contributed by atoms with Crippen LogP contribution in [0.2, 0.25) is 5.02 Å². The van der Waals surface area contributed by atoms with Gasteiger partial charge in [0.2, 0.25) is 0 Å². The maximum atomic E-state index is 10.6. The van der Waals surface area contributed by atoms with E-state index in [2.05, 4.69) is 4.90 Å². The molecule has 0 spiro atoms. The van der Waals surface area contributed by atoms with Gasteiger partial charge in [0.15, 0.2) is 0 Å². The van der Waals surface area contributed by atoms with Gasteiger partial charge < -0.3 is 14.6 Å². The third-order valence-electron chi connectivity index (χ3n) is 3.15. The van der Waals surface area contributed by atoms with E-state index in [1.807, 2.05) is 0 Å². The van der Waals surface area contributed by atoms with Gasteiger partial charge in [-0.1, -0.05) is 11.6 Å².